The number of aryl methyl sites for hydroxylation is 1. The molecule has 2 aromatic carbocycles. The maximum atomic E-state index is 12.5. The summed E-state index contributed by atoms with van der Waals surface area (Å²) in [4.78, 5) is 34.3. The Labute approximate surface area is 200 Å². The molecule has 0 aliphatic heterocycles. The Bertz CT molecular complexity index is 1370. The standard InChI is InChI=1S/C26H24N4O3S/c1-15-4-5-17(24(31)28-19-7-8-19)12-21(15)16-6-9-22-18(11-16)14-27-26(29-22)30-23(25(32)33)13-20-3-2-10-34-20/h2-6,9-12,14,19,23H,7-8,13H2,1H3,(H,28,31)(H,32,33)(H,27,29,30)/p+1. The predicted octanol–water partition coefficient (Wildman–Crippen LogP) is 3.45. The van der Waals surface area contributed by atoms with Gasteiger partial charge in [0.05, 0.1) is 5.52 Å². The number of carbonyl (C=O) groups is 2. The third-order valence-electron chi connectivity index (χ3n) is 5.99. The highest BCUT2D eigenvalue weighted by atomic mass is 32.1. The smallest absolute Gasteiger partial charge is 0.363 e. The second-order valence-electron chi connectivity index (χ2n) is 8.67. The summed E-state index contributed by atoms with van der Waals surface area (Å²) >= 11 is 1.54. The van der Waals surface area contributed by atoms with Gasteiger partial charge in [0.25, 0.3) is 5.91 Å². The van der Waals surface area contributed by atoms with Gasteiger partial charge in [-0.05, 0) is 72.2 Å². The molecule has 4 aromatic rings. The molecule has 2 aromatic heterocycles. The number of nitrogens with one attached hydrogen (secondary N) is 1. The number of thiophene rings is 1. The van der Waals surface area contributed by atoms with Crippen LogP contribution in [-0.4, -0.2) is 39.0 Å². The van der Waals surface area contributed by atoms with Gasteiger partial charge in [-0.3, -0.25) is 10.1 Å². The maximum absolute atomic E-state index is 12.5. The number of amides is 1. The number of rotatable bonds is 8. The van der Waals surface area contributed by atoms with Gasteiger partial charge in [0.15, 0.2) is 6.04 Å². The first kappa shape index (κ1) is 22.2. The number of carboxylic acids is 1. The third-order valence-corrected chi connectivity index (χ3v) is 6.89. The summed E-state index contributed by atoms with van der Waals surface area (Å²) in [7, 11) is 0. The van der Waals surface area contributed by atoms with Crippen LogP contribution in [-0.2, 0) is 11.2 Å². The molecule has 1 saturated carbocycles. The number of aliphatic carboxylic acids is 1. The molecule has 0 bridgehead atoms. The molecule has 5 rings (SSSR count). The molecule has 172 valence electrons. The van der Waals surface area contributed by atoms with E-state index in [1.54, 1.807) is 22.9 Å². The molecule has 34 heavy (non-hydrogen) atoms. The molecule has 1 aliphatic rings. The van der Waals surface area contributed by atoms with Crippen molar-refractivity contribution in [1.82, 2.24) is 15.3 Å². The molecule has 7 nitrogen and oxygen atoms in total. The SMILES string of the molecule is Cc1ccc(C(=O)NC2CC2)cc1-c1ccc2nc([NH2+]C(Cc3cccs3)C(=O)O)ncc2c1. The number of nitrogens with zero attached hydrogens (tertiary/aromatic N) is 2. The van der Waals surface area contributed by atoms with Crippen molar-refractivity contribution in [2.45, 2.75) is 38.3 Å². The highest BCUT2D eigenvalue weighted by molar-refractivity contribution is 7.09. The summed E-state index contributed by atoms with van der Waals surface area (Å²) in [6, 6.07) is 15.1. The van der Waals surface area contributed by atoms with Crippen LogP contribution in [0.15, 0.2) is 60.1 Å². The van der Waals surface area contributed by atoms with Gasteiger partial charge in [-0.2, -0.15) is 9.97 Å². The summed E-state index contributed by atoms with van der Waals surface area (Å²) in [5.74, 6) is -0.531. The number of carboxylic acid groups (broad SMARTS) is 1. The normalized spacial score (nSPS) is 14.1. The fourth-order valence-corrected chi connectivity index (χ4v) is 4.67. The topological polar surface area (TPSA) is 109 Å². The molecular weight excluding hydrogens is 448 g/mol. The summed E-state index contributed by atoms with van der Waals surface area (Å²) in [6.45, 7) is 2.02. The van der Waals surface area contributed by atoms with E-state index in [1.807, 2.05) is 60.8 Å². The number of hydrogen-bond donors (Lipinski definition) is 3. The van der Waals surface area contributed by atoms with Crippen molar-refractivity contribution in [2.24, 2.45) is 0 Å². The second-order valence-corrected chi connectivity index (χ2v) is 9.71. The maximum Gasteiger partial charge on any atom is 0.363 e. The lowest BCUT2D eigenvalue weighted by molar-refractivity contribution is -0.605. The minimum Gasteiger partial charge on any atom is -0.477 e. The van der Waals surface area contributed by atoms with Crippen LogP contribution in [0.2, 0.25) is 0 Å². The Balaban J connectivity index is 1.39. The van der Waals surface area contributed by atoms with E-state index in [-0.39, 0.29) is 5.91 Å². The number of hydrogen-bond acceptors (Lipinski definition) is 5. The Hall–Kier alpha value is -3.62. The van der Waals surface area contributed by atoms with Gasteiger partial charge < -0.3 is 10.4 Å². The Morgan fingerprint density at radius 2 is 2.06 bits per heavy atom. The first-order valence-corrected chi connectivity index (χ1v) is 12.1. The average molecular weight is 474 g/mol. The van der Waals surface area contributed by atoms with Crippen molar-refractivity contribution < 1.29 is 20.0 Å². The van der Waals surface area contributed by atoms with Crippen LogP contribution < -0.4 is 10.6 Å². The molecule has 1 aliphatic carbocycles. The number of benzene rings is 2. The highest BCUT2D eigenvalue weighted by Crippen LogP contribution is 2.28. The Morgan fingerprint density at radius 3 is 2.79 bits per heavy atom. The quantitative estimate of drug-likeness (QED) is 0.363. The summed E-state index contributed by atoms with van der Waals surface area (Å²) in [5, 5.41) is 17.1. The zero-order valence-electron chi connectivity index (χ0n) is 18.7. The van der Waals surface area contributed by atoms with Gasteiger partial charge in [0.2, 0.25) is 0 Å². The lowest BCUT2D eigenvalue weighted by Crippen LogP contribution is -2.88. The fraction of sp³-hybridized carbons (Fsp3) is 0.231. The van der Waals surface area contributed by atoms with Crippen LogP contribution in [0.1, 0.15) is 33.6 Å². The van der Waals surface area contributed by atoms with E-state index in [1.165, 1.54) is 0 Å². The van der Waals surface area contributed by atoms with E-state index < -0.39 is 12.0 Å². The van der Waals surface area contributed by atoms with Crippen molar-refractivity contribution in [2.75, 3.05) is 0 Å². The van der Waals surface area contributed by atoms with Crippen molar-refractivity contribution in [3.63, 3.8) is 0 Å². The molecule has 0 saturated heterocycles. The zero-order chi connectivity index (χ0) is 23.7. The third kappa shape index (κ3) is 4.98. The predicted molar refractivity (Wildman–Crippen MR) is 131 cm³/mol. The van der Waals surface area contributed by atoms with Crippen LogP contribution in [0.5, 0.6) is 0 Å². The van der Waals surface area contributed by atoms with Crippen molar-refractivity contribution in [3.8, 4) is 11.1 Å². The van der Waals surface area contributed by atoms with E-state index in [4.69, 9.17) is 0 Å². The number of nitrogens with two attached hydrogens (primary N) is 1. The van der Waals surface area contributed by atoms with Crippen molar-refractivity contribution in [3.05, 3.63) is 76.1 Å². The largest absolute Gasteiger partial charge is 0.477 e. The monoisotopic (exact) mass is 473 g/mol. The molecule has 2 heterocycles. The van der Waals surface area contributed by atoms with Gasteiger partial charge >= 0.3 is 11.9 Å². The number of quaternary nitrogens is 1. The molecule has 1 unspecified atom stereocenters. The first-order valence-electron chi connectivity index (χ1n) is 11.2. The van der Waals surface area contributed by atoms with E-state index >= 15 is 0 Å². The molecule has 1 atom stereocenters. The van der Waals surface area contributed by atoms with Crippen molar-refractivity contribution >= 4 is 40.1 Å². The number of fused-ring (bicyclic) bond motifs is 1. The van der Waals surface area contributed by atoms with Crippen LogP contribution in [0.3, 0.4) is 0 Å². The van der Waals surface area contributed by atoms with Crippen LogP contribution in [0, 0.1) is 6.92 Å². The van der Waals surface area contributed by atoms with Crippen LogP contribution in [0.25, 0.3) is 22.0 Å². The lowest BCUT2D eigenvalue weighted by Gasteiger charge is -2.11. The second kappa shape index (κ2) is 9.32. The summed E-state index contributed by atoms with van der Waals surface area (Å²) < 4.78 is 0. The van der Waals surface area contributed by atoms with E-state index in [2.05, 4.69) is 15.3 Å². The first-order chi connectivity index (χ1) is 16.5. The zero-order valence-corrected chi connectivity index (χ0v) is 19.5. The molecule has 0 spiro atoms. The Kier molecular flexibility index (Phi) is 6.08. The molecule has 1 fully saturated rings. The Morgan fingerprint density at radius 1 is 1.21 bits per heavy atom. The average Bonchev–Trinajstić information content (AvgIpc) is 3.49. The summed E-state index contributed by atoms with van der Waals surface area (Å²) in [5.41, 5.74) is 4.44. The molecule has 1 amide bonds. The van der Waals surface area contributed by atoms with Crippen LogP contribution >= 0.6 is 11.3 Å². The van der Waals surface area contributed by atoms with Crippen LogP contribution in [0.4, 0.5) is 5.95 Å². The number of aromatic nitrogens is 2. The van der Waals surface area contributed by atoms with Gasteiger partial charge in [-0.15, -0.1) is 11.3 Å². The molecular formula is C26H25N4O3S+. The van der Waals surface area contributed by atoms with Crippen molar-refractivity contribution in [1.29, 1.82) is 0 Å². The van der Waals surface area contributed by atoms with Gasteiger partial charge in [0.1, 0.15) is 0 Å². The molecule has 0 radical (unpaired) electrons. The molecule has 4 N–H and O–H groups in total. The highest BCUT2D eigenvalue weighted by Gasteiger charge is 2.25. The molecule has 8 heteroatoms. The van der Waals surface area contributed by atoms with E-state index in [0.29, 0.717) is 24.0 Å². The number of carbonyl (C=O) groups excluding carboxylic acids is 1. The van der Waals surface area contributed by atoms with E-state index in [0.717, 1.165) is 45.3 Å². The fourth-order valence-electron chi connectivity index (χ4n) is 3.91. The van der Waals surface area contributed by atoms with Gasteiger partial charge in [-0.1, -0.05) is 18.2 Å². The lowest BCUT2D eigenvalue weighted by atomic mass is 9.97. The van der Waals surface area contributed by atoms with Gasteiger partial charge in [-0.25, -0.2) is 4.79 Å². The minimum absolute atomic E-state index is 0.0383. The van der Waals surface area contributed by atoms with E-state index in [9.17, 15) is 14.7 Å². The van der Waals surface area contributed by atoms with Gasteiger partial charge in [0, 0.05) is 34.5 Å². The minimum atomic E-state index is -0.895. The summed E-state index contributed by atoms with van der Waals surface area (Å²) in [6.07, 6.45) is 4.24.